The van der Waals surface area contributed by atoms with Crippen LogP contribution < -0.4 is 20.1 Å². The quantitative estimate of drug-likeness (QED) is 0.0230. The Labute approximate surface area is 351 Å². The molecule has 0 aliphatic rings. The summed E-state index contributed by atoms with van der Waals surface area (Å²) in [6.07, 6.45) is 0. The second-order valence-corrected chi connectivity index (χ2v) is 16.5. The second-order valence-electron chi connectivity index (χ2n) is 12.2. The van der Waals surface area contributed by atoms with E-state index >= 15 is 0 Å². The van der Waals surface area contributed by atoms with Crippen molar-refractivity contribution in [1.29, 1.82) is 5.26 Å². The van der Waals surface area contributed by atoms with Gasteiger partial charge in [-0.3, -0.25) is 23.8 Å². The molecule has 5 rings (SSSR count). The Morgan fingerprint density at radius 1 is 0.677 bits per heavy atom. The number of azo groups is 2. The lowest BCUT2D eigenvalue weighted by Gasteiger charge is -2.16. The predicted molar refractivity (Wildman–Crippen MR) is 216 cm³/mol. The number of rotatable bonds is 18. The fourth-order valence-corrected chi connectivity index (χ4v) is 6.63. The van der Waals surface area contributed by atoms with Gasteiger partial charge in [-0.25, -0.2) is 4.98 Å². The van der Waals surface area contributed by atoms with Gasteiger partial charge >= 0.3 is 0 Å². The zero-order valence-corrected chi connectivity index (χ0v) is 34.0. The molecular weight excluding hydrogens is 883 g/mol. The van der Waals surface area contributed by atoms with Crippen LogP contribution in [0.3, 0.4) is 0 Å². The lowest BCUT2D eigenvalue weighted by molar-refractivity contribution is -0.384. The molecule has 27 heteroatoms. The Morgan fingerprint density at radius 2 is 1.11 bits per heavy atom. The molecule has 5 aromatic rings. The maximum atomic E-state index is 11.7. The first-order chi connectivity index (χ1) is 29.2. The van der Waals surface area contributed by atoms with Gasteiger partial charge in [-0.2, -0.15) is 30.5 Å². The molecule has 0 fully saturated rings. The Hall–Kier alpha value is -7.03. The van der Waals surface area contributed by atoms with Gasteiger partial charge in [-0.1, -0.05) is 0 Å². The largest absolute Gasteiger partial charge is 0.489 e. The monoisotopic (exact) mass is 913 g/mol. The molecule has 1 heterocycles. The molecule has 24 nitrogen and oxygen atoms in total. The molecule has 0 saturated carbocycles. The summed E-state index contributed by atoms with van der Waals surface area (Å²) in [5.74, 6) is -0.439. The Kier molecular flexibility index (Phi) is 14.2. The van der Waals surface area contributed by atoms with Crippen LogP contribution in [0.2, 0.25) is 0 Å². The van der Waals surface area contributed by atoms with Crippen LogP contribution >= 0.6 is 0 Å². The molecule has 0 radical (unpaired) electrons. The number of anilines is 4. The van der Waals surface area contributed by atoms with Crippen molar-refractivity contribution in [2.75, 3.05) is 37.1 Å². The average Bonchev–Trinajstić information content (AvgIpc) is 3.21. The summed E-state index contributed by atoms with van der Waals surface area (Å²) in [4.78, 5) is 13.7. The molecule has 7 N–H and O–H groups in total. The molecular formula is C35H31N9O15S3. The summed E-state index contributed by atoms with van der Waals surface area (Å²) in [6.45, 7) is -0.126. The van der Waals surface area contributed by atoms with Crippen LogP contribution in [0, 0.1) is 28.4 Å². The van der Waals surface area contributed by atoms with Crippen LogP contribution in [0.25, 0.3) is 0 Å². The van der Waals surface area contributed by atoms with Gasteiger partial charge < -0.3 is 30.3 Å². The summed E-state index contributed by atoms with van der Waals surface area (Å²) < 4.78 is 109. The summed E-state index contributed by atoms with van der Waals surface area (Å²) in [7, 11) is -13.9. The highest BCUT2D eigenvalue weighted by atomic mass is 32.2. The van der Waals surface area contributed by atoms with Gasteiger partial charge in [-0.05, 0) is 67.6 Å². The molecule has 0 saturated heterocycles. The fourth-order valence-electron chi connectivity index (χ4n) is 5.17. The van der Waals surface area contributed by atoms with Gasteiger partial charge in [0.1, 0.15) is 52.7 Å². The molecule has 0 aliphatic heterocycles. The lowest BCUT2D eigenvalue weighted by Crippen LogP contribution is -2.05. The first kappa shape index (κ1) is 46.0. The number of aliphatic hydroxyl groups is 2. The van der Waals surface area contributed by atoms with Crippen molar-refractivity contribution in [3.8, 4) is 17.6 Å². The minimum Gasteiger partial charge on any atom is -0.489 e. The number of benzene rings is 4. The van der Waals surface area contributed by atoms with E-state index in [1.807, 2.05) is 6.07 Å². The molecule has 0 bridgehead atoms. The van der Waals surface area contributed by atoms with E-state index < -0.39 is 74.6 Å². The number of nitriles is 1. The highest BCUT2D eigenvalue weighted by molar-refractivity contribution is 7.86. The summed E-state index contributed by atoms with van der Waals surface area (Å²) in [5, 5.41) is 63.4. The smallest absolute Gasteiger partial charge is 0.298 e. The topological polar surface area (TPSA) is 375 Å². The van der Waals surface area contributed by atoms with E-state index in [2.05, 4.69) is 36.1 Å². The number of hydrogen-bond acceptors (Lipinski definition) is 20. The molecule has 0 atom stereocenters. The highest BCUT2D eigenvalue weighted by Gasteiger charge is 2.22. The van der Waals surface area contributed by atoms with Crippen LogP contribution in [0.1, 0.15) is 11.1 Å². The average molecular weight is 914 g/mol. The van der Waals surface area contributed by atoms with E-state index in [1.54, 1.807) is 0 Å². The highest BCUT2D eigenvalue weighted by Crippen LogP contribution is 2.44. The number of ether oxygens (including phenoxy) is 2. The van der Waals surface area contributed by atoms with Gasteiger partial charge in [0.05, 0.1) is 33.5 Å². The number of aromatic nitrogens is 1. The van der Waals surface area contributed by atoms with Crippen molar-refractivity contribution in [2.45, 2.75) is 21.6 Å². The van der Waals surface area contributed by atoms with Gasteiger partial charge in [0.25, 0.3) is 36.0 Å². The second kappa shape index (κ2) is 19.1. The number of hydrogen-bond donors (Lipinski definition) is 7. The van der Waals surface area contributed by atoms with E-state index in [1.165, 1.54) is 43.3 Å². The third-order valence-corrected chi connectivity index (χ3v) is 10.6. The maximum absolute atomic E-state index is 11.7. The fraction of sp³-hybridized carbons (Fsp3) is 0.143. The molecule has 1 aromatic heterocycles. The van der Waals surface area contributed by atoms with Gasteiger partial charge in [0.15, 0.2) is 17.3 Å². The molecule has 0 amide bonds. The number of nitro groups is 1. The number of aliphatic hydroxyl groups excluding tert-OH is 2. The van der Waals surface area contributed by atoms with Crippen molar-refractivity contribution in [2.24, 2.45) is 20.5 Å². The first-order valence-corrected chi connectivity index (χ1v) is 21.4. The van der Waals surface area contributed by atoms with Crippen LogP contribution in [-0.2, 0) is 30.4 Å². The van der Waals surface area contributed by atoms with Crippen molar-refractivity contribution in [3.63, 3.8) is 0 Å². The van der Waals surface area contributed by atoms with Gasteiger partial charge in [0.2, 0.25) is 0 Å². The number of pyridine rings is 1. The van der Waals surface area contributed by atoms with Crippen molar-refractivity contribution >= 4 is 81.8 Å². The number of nitro benzene ring substituents is 1. The van der Waals surface area contributed by atoms with E-state index in [0.29, 0.717) is 6.07 Å². The number of nitrogens with zero attached hydrogens (tertiary/aromatic N) is 7. The number of nitrogens with one attached hydrogen (secondary N) is 2. The van der Waals surface area contributed by atoms with Crippen LogP contribution in [-0.4, -0.2) is 85.5 Å². The summed E-state index contributed by atoms with van der Waals surface area (Å²) in [6, 6.07) is 16.3. The van der Waals surface area contributed by atoms with E-state index in [9.17, 15) is 64.5 Å². The van der Waals surface area contributed by atoms with E-state index in [4.69, 9.17) is 9.47 Å². The van der Waals surface area contributed by atoms with Gasteiger partial charge in [-0.15, -0.1) is 20.5 Å². The van der Waals surface area contributed by atoms with Crippen LogP contribution in [0.4, 0.5) is 51.4 Å². The summed E-state index contributed by atoms with van der Waals surface area (Å²) >= 11 is 0. The van der Waals surface area contributed by atoms with Crippen molar-refractivity contribution < 1.29 is 63.5 Å². The lowest BCUT2D eigenvalue weighted by atomic mass is 10.1. The third-order valence-electron chi connectivity index (χ3n) is 8.06. The van der Waals surface area contributed by atoms with Crippen LogP contribution in [0.15, 0.2) is 114 Å². The zero-order chi connectivity index (χ0) is 45.4. The van der Waals surface area contributed by atoms with Crippen LogP contribution in [0.5, 0.6) is 11.5 Å². The molecule has 324 valence electrons. The molecule has 0 unspecified atom stereocenters. The molecule has 4 aromatic carbocycles. The minimum absolute atomic E-state index is 0.0742. The normalized spacial score (nSPS) is 12.0. The summed E-state index contributed by atoms with van der Waals surface area (Å²) in [5.41, 5.74) is -1.11. The van der Waals surface area contributed by atoms with Crippen molar-refractivity contribution in [1.82, 2.24) is 4.98 Å². The predicted octanol–water partition coefficient (Wildman–Crippen LogP) is 5.97. The Morgan fingerprint density at radius 3 is 1.55 bits per heavy atom. The minimum atomic E-state index is -4.81. The molecule has 0 spiro atoms. The maximum Gasteiger partial charge on any atom is 0.298 e. The first-order valence-electron chi connectivity index (χ1n) is 17.1. The Bertz CT molecular complexity index is 2960. The third kappa shape index (κ3) is 11.4. The SMILES string of the molecule is Cc1c(C#N)c(Nc2ccc(S(=O)(=O)O)cc2)nc(Nc2ccc(S(=O)(=O)O)cc2)c1/N=N/c1cc(OCCO)c(/N=N/c2ccc(S(=O)(=O)O)cc2[N+](=O)[O-])cc1OCCO. The zero-order valence-electron chi connectivity index (χ0n) is 31.5. The molecule has 0 aliphatic carbocycles. The molecule has 62 heavy (non-hydrogen) atoms. The van der Waals surface area contributed by atoms with E-state index in [-0.39, 0.29) is 75.9 Å². The van der Waals surface area contributed by atoms with E-state index in [0.717, 1.165) is 36.4 Å². The standard InChI is InChI=1S/C35H31N9O15S3/c1-20-26(19-36)34(37-21-2-6-23(7-3-21)60(49,50)51)39-35(38-22-4-8-24(9-5-22)61(52,53)54)33(20)43-42-29-18-31(58-14-12-45)28(17-32(29)59-15-13-46)41-40-27-11-10-25(62(55,56)57)16-30(27)44(47)48/h2-11,16-18,45-46H,12-15H2,1H3,(H2,37,38,39)(H,49,50,51)(H,52,53,54)(H,55,56,57)/b41-40+,43-42+. The van der Waals surface area contributed by atoms with Crippen molar-refractivity contribution in [3.05, 3.63) is 100 Å². The Balaban J connectivity index is 1.65. The van der Waals surface area contributed by atoms with Gasteiger partial charge in [0, 0.05) is 35.1 Å².